The lowest BCUT2D eigenvalue weighted by molar-refractivity contribution is 0.0519. The van der Waals surface area contributed by atoms with Gasteiger partial charge in [-0.3, -0.25) is 4.79 Å². The number of carbonyl (C=O) groups is 2. The van der Waals surface area contributed by atoms with Crippen LogP contribution in [0.25, 0.3) is 16.9 Å². The second-order valence-electron chi connectivity index (χ2n) is 6.54. The number of nitrogens with one attached hydrogen (secondary N) is 1. The highest BCUT2D eigenvalue weighted by Gasteiger charge is 2.18. The molecule has 1 N–H and O–H groups in total. The maximum atomic E-state index is 13.4. The van der Waals surface area contributed by atoms with Gasteiger partial charge < -0.3 is 10.1 Å². The van der Waals surface area contributed by atoms with Crippen LogP contribution >= 0.6 is 11.3 Å². The van der Waals surface area contributed by atoms with Crippen LogP contribution in [-0.4, -0.2) is 28.3 Å². The largest absolute Gasteiger partial charge is 0.461 e. The first-order valence-electron chi connectivity index (χ1n) is 9.53. The van der Waals surface area contributed by atoms with Crippen molar-refractivity contribution in [3.8, 4) is 16.9 Å². The molecule has 0 atom stereocenters. The van der Waals surface area contributed by atoms with Gasteiger partial charge in [-0.1, -0.05) is 18.2 Å². The van der Waals surface area contributed by atoms with E-state index in [1.807, 2.05) is 17.5 Å². The molecule has 2 heterocycles. The van der Waals surface area contributed by atoms with Crippen molar-refractivity contribution in [3.05, 3.63) is 88.5 Å². The number of carbonyl (C=O) groups excluding carboxylic acids is 2. The molecule has 0 aliphatic heterocycles. The molecule has 1 amide bonds. The van der Waals surface area contributed by atoms with Crippen molar-refractivity contribution in [2.75, 3.05) is 11.9 Å². The summed E-state index contributed by atoms with van der Waals surface area (Å²) < 4.78 is 20.0. The molecule has 2 aromatic heterocycles. The van der Waals surface area contributed by atoms with E-state index in [-0.39, 0.29) is 24.0 Å². The summed E-state index contributed by atoms with van der Waals surface area (Å²) in [6.07, 6.45) is 0. The van der Waals surface area contributed by atoms with Gasteiger partial charge in [-0.15, -0.1) is 11.3 Å². The Hall–Kier alpha value is -3.78. The molecule has 8 heteroatoms. The minimum atomic E-state index is -0.549. The van der Waals surface area contributed by atoms with E-state index in [0.717, 1.165) is 5.56 Å². The topological polar surface area (TPSA) is 73.2 Å². The molecule has 0 bridgehead atoms. The van der Waals surface area contributed by atoms with Crippen molar-refractivity contribution in [2.45, 2.75) is 6.92 Å². The van der Waals surface area contributed by atoms with Crippen LogP contribution in [0.15, 0.2) is 72.1 Å². The molecule has 4 aromatic rings. The number of hydrogen-bond donors (Lipinski definition) is 1. The summed E-state index contributed by atoms with van der Waals surface area (Å²) in [6, 6.07) is 18.2. The van der Waals surface area contributed by atoms with Crippen molar-refractivity contribution in [2.24, 2.45) is 0 Å². The maximum Gasteiger partial charge on any atom is 0.358 e. The first-order valence-corrected chi connectivity index (χ1v) is 10.4. The molecule has 0 saturated carbocycles. The molecule has 6 nitrogen and oxygen atoms in total. The predicted octanol–water partition coefficient (Wildman–Crippen LogP) is 5.17. The monoisotopic (exact) mass is 435 g/mol. The molecule has 0 saturated heterocycles. The van der Waals surface area contributed by atoms with E-state index in [1.54, 1.807) is 54.1 Å². The minimum Gasteiger partial charge on any atom is -0.461 e. The lowest BCUT2D eigenvalue weighted by atomic mass is 10.1. The Balaban J connectivity index is 1.73. The van der Waals surface area contributed by atoms with Gasteiger partial charge in [0.2, 0.25) is 0 Å². The summed E-state index contributed by atoms with van der Waals surface area (Å²) in [4.78, 5) is 25.3. The van der Waals surface area contributed by atoms with Crippen LogP contribution in [0.3, 0.4) is 0 Å². The number of anilines is 1. The Bertz CT molecular complexity index is 1220. The van der Waals surface area contributed by atoms with Crippen LogP contribution in [0.2, 0.25) is 0 Å². The molecule has 0 aliphatic carbocycles. The Labute approximate surface area is 181 Å². The maximum absolute atomic E-state index is 13.4. The molecule has 31 heavy (non-hydrogen) atoms. The molecule has 0 spiro atoms. The van der Waals surface area contributed by atoms with Gasteiger partial charge in [-0.25, -0.2) is 13.9 Å². The number of hydrogen-bond acceptors (Lipinski definition) is 5. The molecule has 156 valence electrons. The lowest BCUT2D eigenvalue weighted by Gasteiger charge is -2.10. The SMILES string of the molecule is CCOC(=O)c1cc(-c2cccc(NC(=O)c3cccs3)c2)n(-c2ccc(F)cc2)n1. The summed E-state index contributed by atoms with van der Waals surface area (Å²) in [5.74, 6) is -1.13. The van der Waals surface area contributed by atoms with Gasteiger partial charge in [0.05, 0.1) is 22.9 Å². The van der Waals surface area contributed by atoms with Crippen molar-refractivity contribution in [3.63, 3.8) is 0 Å². The van der Waals surface area contributed by atoms with E-state index >= 15 is 0 Å². The summed E-state index contributed by atoms with van der Waals surface area (Å²) in [6.45, 7) is 1.94. The number of nitrogens with zero attached hydrogens (tertiary/aromatic N) is 2. The average molecular weight is 435 g/mol. The van der Waals surface area contributed by atoms with E-state index in [1.165, 1.54) is 23.5 Å². The van der Waals surface area contributed by atoms with Gasteiger partial charge in [-0.05, 0) is 60.8 Å². The van der Waals surface area contributed by atoms with Crippen LogP contribution in [0, 0.1) is 5.82 Å². The zero-order valence-corrected chi connectivity index (χ0v) is 17.4. The van der Waals surface area contributed by atoms with E-state index in [4.69, 9.17) is 4.74 Å². The van der Waals surface area contributed by atoms with E-state index in [2.05, 4.69) is 10.4 Å². The molecule has 0 unspecified atom stereocenters. The quantitative estimate of drug-likeness (QED) is 0.424. The van der Waals surface area contributed by atoms with Crippen LogP contribution < -0.4 is 5.32 Å². The number of rotatable bonds is 6. The lowest BCUT2D eigenvalue weighted by Crippen LogP contribution is -2.10. The number of esters is 1. The Morgan fingerprint density at radius 1 is 1.10 bits per heavy atom. The molecule has 4 rings (SSSR count). The zero-order valence-electron chi connectivity index (χ0n) is 16.5. The fraction of sp³-hybridized carbons (Fsp3) is 0.0870. The standard InChI is InChI=1S/C23H18FN3O3S/c1-2-30-23(29)19-14-20(27(26-19)18-10-8-16(24)9-11-18)15-5-3-6-17(13-15)25-22(28)21-7-4-12-31-21/h3-14H,2H2,1H3,(H,25,28). The third-order valence-corrected chi connectivity index (χ3v) is 5.29. The van der Waals surface area contributed by atoms with Gasteiger partial charge in [0.1, 0.15) is 5.82 Å². The smallest absolute Gasteiger partial charge is 0.358 e. The van der Waals surface area contributed by atoms with E-state index in [9.17, 15) is 14.0 Å². The van der Waals surface area contributed by atoms with Gasteiger partial charge in [0.25, 0.3) is 5.91 Å². The Morgan fingerprint density at radius 3 is 2.61 bits per heavy atom. The van der Waals surface area contributed by atoms with Crippen LogP contribution in [0.1, 0.15) is 27.1 Å². The second-order valence-corrected chi connectivity index (χ2v) is 7.48. The van der Waals surface area contributed by atoms with Crippen molar-refractivity contribution >= 4 is 28.9 Å². The number of aromatic nitrogens is 2. The molecule has 0 fully saturated rings. The highest BCUT2D eigenvalue weighted by Crippen LogP contribution is 2.27. The van der Waals surface area contributed by atoms with Gasteiger partial charge >= 0.3 is 5.97 Å². The van der Waals surface area contributed by atoms with Gasteiger partial charge in [0.15, 0.2) is 5.69 Å². The number of thiophene rings is 1. The third kappa shape index (κ3) is 4.54. The molecule has 2 aromatic carbocycles. The first-order chi connectivity index (χ1) is 15.0. The highest BCUT2D eigenvalue weighted by atomic mass is 32.1. The van der Waals surface area contributed by atoms with Gasteiger partial charge in [-0.2, -0.15) is 5.10 Å². The molecule has 0 radical (unpaired) electrons. The number of amides is 1. The van der Waals surface area contributed by atoms with E-state index < -0.39 is 5.97 Å². The van der Waals surface area contributed by atoms with Gasteiger partial charge in [0, 0.05) is 11.3 Å². The summed E-state index contributed by atoms with van der Waals surface area (Å²) in [5.41, 5.74) is 2.63. The fourth-order valence-corrected chi connectivity index (χ4v) is 3.65. The third-order valence-electron chi connectivity index (χ3n) is 4.43. The fourth-order valence-electron chi connectivity index (χ4n) is 3.03. The van der Waals surface area contributed by atoms with Crippen LogP contribution in [-0.2, 0) is 4.74 Å². The van der Waals surface area contributed by atoms with E-state index in [0.29, 0.717) is 21.9 Å². The second kappa shape index (κ2) is 8.93. The number of benzene rings is 2. The summed E-state index contributed by atoms with van der Waals surface area (Å²) in [7, 11) is 0. The van der Waals surface area contributed by atoms with Crippen LogP contribution in [0.5, 0.6) is 0 Å². The van der Waals surface area contributed by atoms with Crippen LogP contribution in [0.4, 0.5) is 10.1 Å². The summed E-state index contributed by atoms with van der Waals surface area (Å²) in [5, 5.41) is 9.08. The average Bonchev–Trinajstić information content (AvgIpc) is 3.45. The first kappa shape index (κ1) is 20.5. The summed E-state index contributed by atoms with van der Waals surface area (Å²) >= 11 is 1.35. The molecule has 0 aliphatic rings. The zero-order chi connectivity index (χ0) is 21.8. The minimum absolute atomic E-state index is 0.134. The van der Waals surface area contributed by atoms with Crippen molar-refractivity contribution in [1.29, 1.82) is 0 Å². The Kier molecular flexibility index (Phi) is 5.90. The Morgan fingerprint density at radius 2 is 1.90 bits per heavy atom. The van der Waals surface area contributed by atoms with Crippen molar-refractivity contribution < 1.29 is 18.7 Å². The predicted molar refractivity (Wildman–Crippen MR) is 117 cm³/mol. The highest BCUT2D eigenvalue weighted by molar-refractivity contribution is 7.12. The molecular weight excluding hydrogens is 417 g/mol. The number of halogens is 1. The molecular formula is C23H18FN3O3S. The normalized spacial score (nSPS) is 10.6. The van der Waals surface area contributed by atoms with Crippen molar-refractivity contribution in [1.82, 2.24) is 9.78 Å². The number of ether oxygens (including phenoxy) is 1.